The number of amides is 2. The van der Waals surface area contributed by atoms with E-state index in [1.54, 1.807) is 24.3 Å². The van der Waals surface area contributed by atoms with Crippen LogP contribution in [0, 0.1) is 6.92 Å². The van der Waals surface area contributed by atoms with Crippen molar-refractivity contribution in [2.24, 2.45) is 0 Å². The van der Waals surface area contributed by atoms with Crippen molar-refractivity contribution in [3.05, 3.63) is 95.1 Å². The Bertz CT molecular complexity index is 1200. The Balaban J connectivity index is 1.47. The van der Waals surface area contributed by atoms with Crippen LogP contribution in [-0.2, 0) is 11.2 Å². The summed E-state index contributed by atoms with van der Waals surface area (Å²) in [6.07, 6.45) is 0.714. The molecule has 188 valence electrons. The number of hydrazine groups is 1. The van der Waals surface area contributed by atoms with Crippen molar-refractivity contribution in [3.8, 4) is 11.5 Å². The lowest BCUT2D eigenvalue weighted by Gasteiger charge is -2.16. The van der Waals surface area contributed by atoms with E-state index < -0.39 is 11.8 Å². The van der Waals surface area contributed by atoms with E-state index in [0.29, 0.717) is 30.1 Å². The summed E-state index contributed by atoms with van der Waals surface area (Å²) in [6, 6.07) is 22.8. The Kier molecular flexibility index (Phi) is 9.82. The molecule has 3 rings (SSSR count). The molecule has 0 fully saturated rings. The lowest BCUT2D eigenvalue weighted by molar-refractivity contribution is -0.123. The smallest absolute Gasteiger partial charge is 0.276 e. The second-order valence-electron chi connectivity index (χ2n) is 8.52. The molecule has 3 aromatic rings. The SMILES string of the molecule is Cc1ccc(C(C)C)c(OCC(=O)NNC(=S)NC(=O)c2ccccc2OCCc2ccccc2)c1. The highest BCUT2D eigenvalue weighted by Gasteiger charge is 2.15. The van der Waals surface area contributed by atoms with Gasteiger partial charge in [0.1, 0.15) is 11.5 Å². The van der Waals surface area contributed by atoms with Crippen molar-refractivity contribution in [2.45, 2.75) is 33.1 Å². The maximum Gasteiger partial charge on any atom is 0.276 e. The zero-order chi connectivity index (χ0) is 25.9. The zero-order valence-corrected chi connectivity index (χ0v) is 21.5. The molecule has 3 aromatic carbocycles. The summed E-state index contributed by atoms with van der Waals surface area (Å²) in [4.78, 5) is 25.0. The van der Waals surface area contributed by atoms with Crippen molar-refractivity contribution < 1.29 is 19.1 Å². The normalized spacial score (nSPS) is 10.4. The van der Waals surface area contributed by atoms with Crippen LogP contribution in [0.4, 0.5) is 0 Å². The Hall–Kier alpha value is -3.91. The van der Waals surface area contributed by atoms with Crippen LogP contribution in [-0.4, -0.2) is 30.1 Å². The van der Waals surface area contributed by atoms with Gasteiger partial charge in [-0.05, 0) is 59.9 Å². The lowest BCUT2D eigenvalue weighted by atomic mass is 10.0. The van der Waals surface area contributed by atoms with Crippen LogP contribution >= 0.6 is 12.2 Å². The number of para-hydroxylation sites is 1. The van der Waals surface area contributed by atoms with Crippen molar-refractivity contribution in [1.29, 1.82) is 0 Å². The minimum absolute atomic E-state index is 0.0501. The highest BCUT2D eigenvalue weighted by atomic mass is 32.1. The quantitative estimate of drug-likeness (QED) is 0.294. The number of hydrogen-bond donors (Lipinski definition) is 3. The average Bonchev–Trinajstić information content (AvgIpc) is 2.87. The number of nitrogens with one attached hydrogen (secondary N) is 3. The lowest BCUT2D eigenvalue weighted by Crippen LogP contribution is -2.49. The summed E-state index contributed by atoms with van der Waals surface area (Å²) < 4.78 is 11.5. The van der Waals surface area contributed by atoms with Gasteiger partial charge < -0.3 is 9.47 Å². The van der Waals surface area contributed by atoms with Crippen LogP contribution in [0.5, 0.6) is 11.5 Å². The van der Waals surface area contributed by atoms with Gasteiger partial charge in [0.05, 0.1) is 12.2 Å². The number of rotatable bonds is 9. The van der Waals surface area contributed by atoms with E-state index in [0.717, 1.165) is 16.7 Å². The molecule has 8 heteroatoms. The van der Waals surface area contributed by atoms with Crippen LogP contribution < -0.4 is 25.6 Å². The zero-order valence-electron chi connectivity index (χ0n) is 20.7. The summed E-state index contributed by atoms with van der Waals surface area (Å²) in [5.74, 6) is 0.488. The molecule has 0 aliphatic heterocycles. The number of carbonyl (C=O) groups excluding carboxylic acids is 2. The topological polar surface area (TPSA) is 88.7 Å². The molecule has 0 aliphatic rings. The number of aryl methyl sites for hydroxylation is 1. The van der Waals surface area contributed by atoms with Crippen molar-refractivity contribution >= 4 is 29.1 Å². The molecule has 0 radical (unpaired) electrons. The van der Waals surface area contributed by atoms with Crippen LogP contribution in [0.25, 0.3) is 0 Å². The highest BCUT2D eigenvalue weighted by molar-refractivity contribution is 7.80. The van der Waals surface area contributed by atoms with Crippen molar-refractivity contribution in [2.75, 3.05) is 13.2 Å². The first-order chi connectivity index (χ1) is 17.3. The second-order valence-corrected chi connectivity index (χ2v) is 8.93. The fraction of sp³-hybridized carbons (Fsp3) is 0.250. The Morgan fingerprint density at radius 2 is 1.61 bits per heavy atom. The molecule has 0 spiro atoms. The number of benzene rings is 3. The van der Waals surface area contributed by atoms with Gasteiger partial charge in [-0.15, -0.1) is 0 Å². The molecule has 36 heavy (non-hydrogen) atoms. The predicted octanol–water partition coefficient (Wildman–Crippen LogP) is 4.45. The van der Waals surface area contributed by atoms with Gasteiger partial charge in [-0.1, -0.05) is 68.4 Å². The molecule has 0 saturated heterocycles. The summed E-state index contributed by atoms with van der Waals surface area (Å²) in [6.45, 7) is 6.31. The van der Waals surface area contributed by atoms with Crippen molar-refractivity contribution in [3.63, 3.8) is 0 Å². The van der Waals surface area contributed by atoms with E-state index in [9.17, 15) is 9.59 Å². The van der Waals surface area contributed by atoms with Crippen molar-refractivity contribution in [1.82, 2.24) is 16.2 Å². The Morgan fingerprint density at radius 3 is 2.36 bits per heavy atom. The molecule has 0 aliphatic carbocycles. The number of thiocarbonyl (C=S) groups is 1. The number of ether oxygens (including phenoxy) is 2. The van der Waals surface area contributed by atoms with Gasteiger partial charge >= 0.3 is 0 Å². The molecule has 0 bridgehead atoms. The number of hydrogen-bond acceptors (Lipinski definition) is 5. The van der Waals surface area contributed by atoms with E-state index in [2.05, 4.69) is 30.0 Å². The van der Waals surface area contributed by atoms with Gasteiger partial charge in [-0.2, -0.15) is 0 Å². The van der Waals surface area contributed by atoms with Crippen LogP contribution in [0.3, 0.4) is 0 Å². The van der Waals surface area contributed by atoms with E-state index in [1.165, 1.54) is 0 Å². The van der Waals surface area contributed by atoms with Crippen LogP contribution in [0.15, 0.2) is 72.8 Å². The third-order valence-electron chi connectivity index (χ3n) is 5.32. The summed E-state index contributed by atoms with van der Waals surface area (Å²) in [7, 11) is 0. The Morgan fingerprint density at radius 1 is 0.889 bits per heavy atom. The maximum atomic E-state index is 12.7. The molecule has 3 N–H and O–H groups in total. The monoisotopic (exact) mass is 505 g/mol. The van der Waals surface area contributed by atoms with Gasteiger partial charge in [0, 0.05) is 6.42 Å². The molecule has 2 amide bonds. The summed E-state index contributed by atoms with van der Waals surface area (Å²) in [5, 5.41) is 2.50. The van der Waals surface area contributed by atoms with Gasteiger partial charge in [0.25, 0.3) is 11.8 Å². The second kappa shape index (κ2) is 13.3. The third-order valence-corrected chi connectivity index (χ3v) is 5.52. The van der Waals surface area contributed by atoms with Gasteiger partial charge in [-0.25, -0.2) is 0 Å². The standard InChI is InChI=1S/C28H31N3O4S/c1-19(2)22-14-13-20(3)17-25(22)35-18-26(32)30-31-28(36)29-27(33)23-11-7-8-12-24(23)34-16-15-21-9-5-4-6-10-21/h4-14,17,19H,15-16,18H2,1-3H3,(H,30,32)(H2,29,31,33,36). The predicted molar refractivity (Wildman–Crippen MR) is 144 cm³/mol. The maximum absolute atomic E-state index is 12.7. The highest BCUT2D eigenvalue weighted by Crippen LogP contribution is 2.27. The average molecular weight is 506 g/mol. The van der Waals surface area contributed by atoms with Crippen LogP contribution in [0.2, 0.25) is 0 Å². The first-order valence-electron chi connectivity index (χ1n) is 11.7. The van der Waals surface area contributed by atoms with E-state index >= 15 is 0 Å². The molecule has 0 unspecified atom stereocenters. The van der Waals surface area contributed by atoms with Gasteiger partial charge in [0.2, 0.25) is 0 Å². The van der Waals surface area contributed by atoms with E-state index in [-0.39, 0.29) is 17.6 Å². The van der Waals surface area contributed by atoms with E-state index in [1.807, 2.05) is 55.5 Å². The fourth-order valence-corrected chi connectivity index (χ4v) is 3.60. The summed E-state index contributed by atoms with van der Waals surface area (Å²) >= 11 is 5.15. The molecule has 7 nitrogen and oxygen atoms in total. The van der Waals surface area contributed by atoms with Crippen LogP contribution in [0.1, 0.15) is 46.8 Å². The van der Waals surface area contributed by atoms with Gasteiger partial charge in [0.15, 0.2) is 11.7 Å². The van der Waals surface area contributed by atoms with E-state index in [4.69, 9.17) is 21.7 Å². The number of carbonyl (C=O) groups is 2. The molecule has 0 saturated carbocycles. The third kappa shape index (κ3) is 8.09. The minimum Gasteiger partial charge on any atom is -0.492 e. The molecule has 0 aromatic heterocycles. The molecular formula is C28H31N3O4S. The Labute approximate surface area is 217 Å². The first kappa shape index (κ1) is 26.7. The first-order valence-corrected chi connectivity index (χ1v) is 12.1. The van der Waals surface area contributed by atoms with Gasteiger partial charge in [-0.3, -0.25) is 25.8 Å². The largest absolute Gasteiger partial charge is 0.492 e. The fourth-order valence-electron chi connectivity index (χ4n) is 3.45. The molecular weight excluding hydrogens is 474 g/mol. The molecule has 0 atom stereocenters. The minimum atomic E-state index is -0.449. The summed E-state index contributed by atoms with van der Waals surface area (Å²) in [5.41, 5.74) is 8.52. The molecule has 0 heterocycles.